The molecule has 0 radical (unpaired) electrons. The molecule has 0 bridgehead atoms. The third kappa shape index (κ3) is 7.49. The zero-order chi connectivity index (χ0) is 26.9. The Morgan fingerprint density at radius 3 is 2.61 bits per heavy atom. The smallest absolute Gasteiger partial charge is 0.248 e. The number of nitrogens with one attached hydrogen (secondary N) is 2. The van der Waals surface area contributed by atoms with Gasteiger partial charge in [0.1, 0.15) is 17.9 Å². The fourth-order valence-corrected chi connectivity index (χ4v) is 4.49. The molecule has 2 N–H and O–H groups in total. The molecule has 202 valence electrons. The van der Waals surface area contributed by atoms with E-state index < -0.39 is 0 Å². The molecule has 0 aliphatic carbocycles. The summed E-state index contributed by atoms with van der Waals surface area (Å²) in [5.74, 6) is 0.831. The van der Waals surface area contributed by atoms with Crippen molar-refractivity contribution in [1.82, 2.24) is 14.9 Å². The van der Waals surface area contributed by atoms with E-state index in [2.05, 4.69) is 41.4 Å². The van der Waals surface area contributed by atoms with Crippen LogP contribution in [0.4, 0.5) is 17.2 Å². The molecule has 1 amide bonds. The van der Waals surface area contributed by atoms with Crippen LogP contribution >= 0.6 is 15.9 Å². The minimum atomic E-state index is -0.364. The topological polar surface area (TPSA) is 107 Å². The van der Waals surface area contributed by atoms with E-state index in [0.29, 0.717) is 55.6 Å². The first-order valence-electron chi connectivity index (χ1n) is 12.4. The highest BCUT2D eigenvalue weighted by molar-refractivity contribution is 9.10. The van der Waals surface area contributed by atoms with Crippen LogP contribution in [0.2, 0.25) is 0 Å². The first-order valence-corrected chi connectivity index (χ1v) is 13.2. The number of hydrogen-bond donors (Lipinski definition) is 2. The summed E-state index contributed by atoms with van der Waals surface area (Å²) in [5, 5.41) is 6.97. The normalized spacial score (nSPS) is 18.1. The van der Waals surface area contributed by atoms with E-state index in [-0.39, 0.29) is 18.5 Å². The van der Waals surface area contributed by atoms with Crippen LogP contribution in [-0.2, 0) is 19.0 Å². The number of anilines is 3. The number of hydrogen-bond acceptors (Lipinski definition) is 9. The van der Waals surface area contributed by atoms with Crippen molar-refractivity contribution in [2.45, 2.75) is 26.4 Å². The van der Waals surface area contributed by atoms with Gasteiger partial charge in [-0.2, -0.15) is 0 Å². The summed E-state index contributed by atoms with van der Waals surface area (Å²) in [6.45, 7) is 6.69. The molecule has 1 fully saturated rings. The first-order chi connectivity index (χ1) is 18.5. The number of fused-ring (bicyclic) bond motifs is 1. The van der Waals surface area contributed by atoms with E-state index in [4.69, 9.17) is 18.9 Å². The molecule has 1 aliphatic rings. The lowest BCUT2D eigenvalue weighted by molar-refractivity contribution is -0.276. The van der Waals surface area contributed by atoms with E-state index in [0.717, 1.165) is 15.5 Å². The van der Waals surface area contributed by atoms with E-state index >= 15 is 0 Å². The van der Waals surface area contributed by atoms with Crippen molar-refractivity contribution in [3.63, 3.8) is 0 Å². The van der Waals surface area contributed by atoms with Crippen molar-refractivity contribution in [3.8, 4) is 5.75 Å². The maximum absolute atomic E-state index is 12.8. The van der Waals surface area contributed by atoms with Gasteiger partial charge in [-0.05, 0) is 38.1 Å². The predicted octanol–water partition coefficient (Wildman–Crippen LogP) is 4.70. The quantitative estimate of drug-likeness (QED) is 0.310. The number of aromatic nitrogens is 2. The first kappa shape index (κ1) is 27.9. The second kappa shape index (κ2) is 13.6. The van der Waals surface area contributed by atoms with Crippen molar-refractivity contribution in [2.24, 2.45) is 0 Å². The number of rotatable bonds is 11. The molecule has 1 saturated heterocycles. The number of amides is 1. The van der Waals surface area contributed by atoms with Crippen LogP contribution in [0.5, 0.6) is 5.75 Å². The minimum absolute atomic E-state index is 0.281. The minimum Gasteiger partial charge on any atom is -0.494 e. The zero-order valence-corrected chi connectivity index (χ0v) is 23.2. The largest absolute Gasteiger partial charge is 0.494 e. The Bertz CT molecular complexity index is 1260. The molecule has 4 rings (SSSR count). The molecule has 2 heterocycles. The third-order valence-electron chi connectivity index (χ3n) is 5.76. The number of morpholine rings is 1. The Balaban J connectivity index is 1.46. The number of halogens is 1. The standard InChI is InChI=1S/C27H32BrN5O5/c1-4-36-25-15-33(16-26(38-25)37-5-2)11-7-10-24(34)32-22-13-20-21(14-23(22)35-3)29-17-30-27(20)31-19-9-6-8-18(28)12-19/h6-10,12-14,17,25-26H,4-5,11,15-16H2,1-3H3,(H,32,34)(H,29,30,31)/b10-7+. The van der Waals surface area contributed by atoms with Gasteiger partial charge in [0.05, 0.1) is 31.4 Å². The van der Waals surface area contributed by atoms with Crippen LogP contribution < -0.4 is 15.4 Å². The van der Waals surface area contributed by atoms with Gasteiger partial charge in [-0.1, -0.05) is 28.1 Å². The van der Waals surface area contributed by atoms with Gasteiger partial charge < -0.3 is 29.6 Å². The van der Waals surface area contributed by atoms with E-state index in [1.807, 2.05) is 50.3 Å². The predicted molar refractivity (Wildman–Crippen MR) is 150 cm³/mol. The molecule has 3 aromatic rings. The summed E-state index contributed by atoms with van der Waals surface area (Å²) in [7, 11) is 1.55. The maximum Gasteiger partial charge on any atom is 0.248 e. The van der Waals surface area contributed by atoms with Crippen LogP contribution in [0.25, 0.3) is 10.9 Å². The fraction of sp³-hybridized carbons (Fsp3) is 0.370. The molecule has 11 heteroatoms. The summed E-state index contributed by atoms with van der Waals surface area (Å²) in [4.78, 5) is 23.7. The van der Waals surface area contributed by atoms with E-state index in [1.54, 1.807) is 13.2 Å². The molecular weight excluding hydrogens is 554 g/mol. The highest BCUT2D eigenvalue weighted by atomic mass is 79.9. The van der Waals surface area contributed by atoms with Gasteiger partial charge >= 0.3 is 0 Å². The van der Waals surface area contributed by atoms with Gasteiger partial charge in [-0.25, -0.2) is 9.97 Å². The van der Waals surface area contributed by atoms with Gasteiger partial charge in [0, 0.05) is 47.4 Å². The van der Waals surface area contributed by atoms with Crippen LogP contribution in [-0.4, -0.2) is 73.3 Å². The van der Waals surface area contributed by atoms with Crippen LogP contribution in [0.3, 0.4) is 0 Å². The summed E-state index contributed by atoms with van der Waals surface area (Å²) in [5.41, 5.74) is 2.06. The Hall–Kier alpha value is -3.09. The lowest BCUT2D eigenvalue weighted by atomic mass is 10.2. The molecule has 0 saturated carbocycles. The summed E-state index contributed by atoms with van der Waals surface area (Å²) in [6.07, 6.45) is 4.07. The van der Waals surface area contributed by atoms with Crippen LogP contribution in [0, 0.1) is 0 Å². The van der Waals surface area contributed by atoms with Crippen molar-refractivity contribution < 1.29 is 23.7 Å². The Kier molecular flexibility index (Phi) is 10.0. The average molecular weight is 586 g/mol. The van der Waals surface area contributed by atoms with Gasteiger partial charge in [-0.15, -0.1) is 0 Å². The molecule has 10 nitrogen and oxygen atoms in total. The maximum atomic E-state index is 12.8. The summed E-state index contributed by atoms with van der Waals surface area (Å²) >= 11 is 3.48. The van der Waals surface area contributed by atoms with Gasteiger partial charge in [0.2, 0.25) is 5.91 Å². The summed E-state index contributed by atoms with van der Waals surface area (Å²) in [6, 6.07) is 11.4. The number of benzene rings is 2. The molecule has 2 aromatic carbocycles. The monoisotopic (exact) mass is 585 g/mol. The molecule has 1 aromatic heterocycles. The zero-order valence-electron chi connectivity index (χ0n) is 21.6. The molecule has 38 heavy (non-hydrogen) atoms. The fourth-order valence-electron chi connectivity index (χ4n) is 4.09. The van der Waals surface area contributed by atoms with Crippen LogP contribution in [0.1, 0.15) is 13.8 Å². The Morgan fingerprint density at radius 1 is 1.16 bits per heavy atom. The number of methoxy groups -OCH3 is 1. The average Bonchev–Trinajstić information content (AvgIpc) is 2.89. The molecule has 0 spiro atoms. The number of ether oxygens (including phenoxy) is 4. The highest BCUT2D eigenvalue weighted by Crippen LogP contribution is 2.33. The van der Waals surface area contributed by atoms with Crippen LogP contribution in [0.15, 0.2) is 59.4 Å². The molecule has 2 unspecified atom stereocenters. The number of carbonyl (C=O) groups excluding carboxylic acids is 1. The molecule has 2 atom stereocenters. The van der Waals surface area contributed by atoms with Gasteiger partial charge in [0.25, 0.3) is 0 Å². The van der Waals surface area contributed by atoms with Gasteiger partial charge in [0.15, 0.2) is 12.6 Å². The van der Waals surface area contributed by atoms with Crippen molar-refractivity contribution >= 4 is 49.9 Å². The molecular formula is C27H32BrN5O5. The summed E-state index contributed by atoms with van der Waals surface area (Å²) < 4.78 is 23.5. The number of carbonyl (C=O) groups is 1. The third-order valence-corrected chi connectivity index (χ3v) is 6.25. The van der Waals surface area contributed by atoms with Crippen molar-refractivity contribution in [3.05, 3.63) is 59.4 Å². The second-order valence-corrected chi connectivity index (χ2v) is 9.36. The van der Waals surface area contributed by atoms with E-state index in [9.17, 15) is 4.79 Å². The number of nitrogens with zero attached hydrogens (tertiary/aromatic N) is 3. The van der Waals surface area contributed by atoms with Crippen molar-refractivity contribution in [2.75, 3.05) is 50.6 Å². The van der Waals surface area contributed by atoms with Crippen molar-refractivity contribution in [1.29, 1.82) is 0 Å². The highest BCUT2D eigenvalue weighted by Gasteiger charge is 2.27. The second-order valence-electron chi connectivity index (χ2n) is 8.44. The lowest BCUT2D eigenvalue weighted by Crippen LogP contribution is -2.49. The van der Waals surface area contributed by atoms with Gasteiger partial charge in [-0.3, -0.25) is 9.69 Å². The Labute approximate surface area is 230 Å². The lowest BCUT2D eigenvalue weighted by Gasteiger charge is -2.36. The SMILES string of the molecule is CCOC1CN(C/C=C/C(=O)Nc2cc3c(Nc4cccc(Br)c4)ncnc3cc2OC)CC(OCC)O1. The molecule has 1 aliphatic heterocycles. The van der Waals surface area contributed by atoms with E-state index in [1.165, 1.54) is 12.4 Å². The Morgan fingerprint density at radius 2 is 1.92 bits per heavy atom.